The van der Waals surface area contributed by atoms with Gasteiger partial charge in [0.1, 0.15) is 0 Å². The molecule has 0 saturated heterocycles. The van der Waals surface area contributed by atoms with E-state index in [0.717, 1.165) is 0 Å². The van der Waals surface area contributed by atoms with Crippen LogP contribution in [0.25, 0.3) is 38.8 Å². The highest BCUT2D eigenvalue weighted by atomic mass is 15.0. The van der Waals surface area contributed by atoms with Crippen molar-refractivity contribution in [2.75, 3.05) is 0 Å². The molecule has 0 fully saturated rings. The topological polar surface area (TPSA) is 3.88 Å². The first kappa shape index (κ1) is 22.1. The summed E-state index contributed by atoms with van der Waals surface area (Å²) < 4.78 is 2.48. The maximum Gasteiger partial charge on any atom is 0.226 e. The van der Waals surface area contributed by atoms with Gasteiger partial charge in [-0.15, -0.1) is 0 Å². The summed E-state index contributed by atoms with van der Waals surface area (Å²) in [4.78, 5) is 0. The third kappa shape index (κ3) is 3.92. The predicted octanol–water partition coefficient (Wildman–Crippen LogP) is 8.70. The quantitative estimate of drug-likeness (QED) is 0.240. The van der Waals surface area contributed by atoms with Crippen molar-refractivity contribution in [3.8, 4) is 28.1 Å². The Morgan fingerprint density at radius 1 is 0.529 bits per heavy atom. The summed E-state index contributed by atoms with van der Waals surface area (Å²) in [6, 6.07) is 37.3. The Balaban J connectivity index is 2.02. The molecule has 4 aromatic carbocycles. The molecule has 0 aliphatic rings. The first-order valence-corrected chi connectivity index (χ1v) is 12.3. The highest BCUT2D eigenvalue weighted by Crippen LogP contribution is 2.38. The molecular weight excluding hydrogens is 410 g/mol. The molecule has 0 aliphatic carbocycles. The van der Waals surface area contributed by atoms with Crippen LogP contribution in [-0.2, 0) is 0 Å². The van der Waals surface area contributed by atoms with Crippen LogP contribution in [0.3, 0.4) is 0 Å². The van der Waals surface area contributed by atoms with Crippen LogP contribution in [0.5, 0.6) is 0 Å². The van der Waals surface area contributed by atoms with E-state index in [9.17, 15) is 0 Å². The molecule has 0 unspecified atom stereocenters. The van der Waals surface area contributed by atoms with Crippen molar-refractivity contribution < 1.29 is 4.57 Å². The van der Waals surface area contributed by atoms with E-state index in [-0.39, 0.29) is 0 Å². The van der Waals surface area contributed by atoms with Gasteiger partial charge in [-0.05, 0) is 35.6 Å². The lowest BCUT2D eigenvalue weighted by atomic mass is 9.89. The summed E-state index contributed by atoms with van der Waals surface area (Å²) in [6.45, 7) is 9.19. The fraction of sp³-hybridized carbons (Fsp3) is 0.182. The molecule has 0 N–H and O–H groups in total. The van der Waals surface area contributed by atoms with E-state index in [1.807, 2.05) is 0 Å². The largest absolute Gasteiger partial charge is 0.226 e. The van der Waals surface area contributed by atoms with Gasteiger partial charge in [-0.3, -0.25) is 0 Å². The fourth-order valence-electron chi connectivity index (χ4n) is 5.03. The molecule has 5 aromatic rings. The molecule has 1 heteroatoms. The number of nitrogens with zero attached hydrogens (tertiary/aromatic N) is 1. The van der Waals surface area contributed by atoms with Gasteiger partial charge in [-0.1, -0.05) is 113 Å². The lowest BCUT2D eigenvalue weighted by molar-refractivity contribution is -0.583. The Morgan fingerprint density at radius 2 is 1.06 bits per heavy atom. The lowest BCUT2D eigenvalue weighted by Crippen LogP contribution is -2.37. The molecule has 0 amide bonds. The van der Waals surface area contributed by atoms with Gasteiger partial charge in [0.2, 0.25) is 11.4 Å². The smallest absolute Gasteiger partial charge is 0.158 e. The molecule has 1 heterocycles. The van der Waals surface area contributed by atoms with E-state index in [4.69, 9.17) is 0 Å². The van der Waals surface area contributed by atoms with Gasteiger partial charge in [0.15, 0.2) is 6.20 Å². The molecule has 0 saturated carbocycles. The molecule has 0 atom stereocenters. The number of hydrogen-bond donors (Lipinski definition) is 0. The highest BCUT2D eigenvalue weighted by molar-refractivity contribution is 6.01. The van der Waals surface area contributed by atoms with Crippen molar-refractivity contribution in [3.05, 3.63) is 120 Å². The van der Waals surface area contributed by atoms with E-state index in [2.05, 4.69) is 142 Å². The van der Waals surface area contributed by atoms with E-state index in [1.165, 1.54) is 50.0 Å². The third-order valence-corrected chi connectivity index (χ3v) is 6.67. The van der Waals surface area contributed by atoms with Crippen LogP contribution in [0.1, 0.15) is 50.7 Å². The highest BCUT2D eigenvalue weighted by Gasteiger charge is 2.30. The summed E-state index contributed by atoms with van der Waals surface area (Å²) >= 11 is 0. The predicted molar refractivity (Wildman–Crippen MR) is 145 cm³/mol. The second-order valence-corrected chi connectivity index (χ2v) is 9.64. The van der Waals surface area contributed by atoms with Gasteiger partial charge in [0, 0.05) is 27.5 Å². The number of fused-ring (bicyclic) bond motifs is 1. The Bertz CT molecular complexity index is 1400. The normalized spacial score (nSPS) is 11.5. The molecule has 0 bridgehead atoms. The maximum atomic E-state index is 2.48. The van der Waals surface area contributed by atoms with Crippen LogP contribution in [0.15, 0.2) is 109 Å². The number of benzene rings is 4. The van der Waals surface area contributed by atoms with Gasteiger partial charge < -0.3 is 0 Å². The number of hydrogen-bond acceptors (Lipinski definition) is 0. The second kappa shape index (κ2) is 9.27. The van der Waals surface area contributed by atoms with Crippen molar-refractivity contribution in [3.63, 3.8) is 0 Å². The number of para-hydroxylation sites is 1. The zero-order valence-corrected chi connectivity index (χ0v) is 20.5. The lowest BCUT2D eigenvalue weighted by Gasteiger charge is -2.19. The average Bonchev–Trinajstić information content (AvgIpc) is 2.88. The van der Waals surface area contributed by atoms with E-state index in [1.54, 1.807) is 0 Å². The van der Waals surface area contributed by atoms with Crippen molar-refractivity contribution in [2.45, 2.75) is 39.5 Å². The van der Waals surface area contributed by atoms with Crippen LogP contribution < -0.4 is 4.57 Å². The fourth-order valence-corrected chi connectivity index (χ4v) is 5.03. The first-order chi connectivity index (χ1) is 16.6. The monoisotopic (exact) mass is 442 g/mol. The average molecular weight is 443 g/mol. The van der Waals surface area contributed by atoms with Gasteiger partial charge >= 0.3 is 0 Å². The van der Waals surface area contributed by atoms with Gasteiger partial charge in [0.05, 0.1) is 5.56 Å². The van der Waals surface area contributed by atoms with Crippen molar-refractivity contribution in [2.24, 2.45) is 0 Å². The second-order valence-electron chi connectivity index (χ2n) is 9.64. The number of pyridine rings is 1. The maximum absolute atomic E-state index is 2.48. The molecular formula is C33H32N+. The summed E-state index contributed by atoms with van der Waals surface area (Å²) in [7, 11) is 0. The summed E-state index contributed by atoms with van der Waals surface area (Å²) in [5.74, 6) is 0.827. The Labute approximate surface area is 203 Å². The molecule has 5 rings (SSSR count). The molecule has 168 valence electrons. The third-order valence-electron chi connectivity index (χ3n) is 6.67. The zero-order chi connectivity index (χ0) is 23.7. The van der Waals surface area contributed by atoms with Crippen LogP contribution >= 0.6 is 0 Å². The summed E-state index contributed by atoms with van der Waals surface area (Å²) in [6.07, 6.45) is 2.34. The van der Waals surface area contributed by atoms with Gasteiger partial charge in [-0.2, -0.15) is 4.57 Å². The molecule has 1 nitrogen and oxygen atoms in total. The van der Waals surface area contributed by atoms with Crippen molar-refractivity contribution >= 4 is 10.8 Å². The first-order valence-electron chi connectivity index (χ1n) is 12.3. The minimum atomic E-state index is 0.413. The Hall–Kier alpha value is -3.71. The number of aromatic nitrogens is 1. The van der Waals surface area contributed by atoms with E-state index in [0.29, 0.717) is 11.8 Å². The van der Waals surface area contributed by atoms with Gasteiger partial charge in [0.25, 0.3) is 0 Å². The van der Waals surface area contributed by atoms with Gasteiger partial charge in [-0.25, -0.2) is 0 Å². The van der Waals surface area contributed by atoms with Crippen molar-refractivity contribution in [1.82, 2.24) is 0 Å². The molecule has 0 radical (unpaired) electrons. The zero-order valence-electron chi connectivity index (χ0n) is 20.5. The van der Waals surface area contributed by atoms with Crippen molar-refractivity contribution in [1.29, 1.82) is 0 Å². The summed E-state index contributed by atoms with van der Waals surface area (Å²) in [5, 5.41) is 2.52. The summed E-state index contributed by atoms with van der Waals surface area (Å²) in [5.41, 5.74) is 9.04. The van der Waals surface area contributed by atoms with E-state index >= 15 is 0 Å². The molecule has 1 aromatic heterocycles. The Morgan fingerprint density at radius 3 is 1.65 bits per heavy atom. The van der Waals surface area contributed by atoms with Crippen LogP contribution in [0.2, 0.25) is 0 Å². The van der Waals surface area contributed by atoms with Crippen LogP contribution in [0.4, 0.5) is 0 Å². The molecule has 0 spiro atoms. The van der Waals surface area contributed by atoms with E-state index < -0.39 is 0 Å². The van der Waals surface area contributed by atoms with Crippen LogP contribution in [0, 0.1) is 0 Å². The molecule has 0 aliphatic heterocycles. The SMILES string of the molecule is CC(C)c1cccc(C(C)C)c1-[n+]1cc2ccccc2c(-c2ccccc2)c1-c1ccccc1. The minimum Gasteiger partial charge on any atom is -0.158 e. The standard InChI is InChI=1S/C33H32N/c1-23(2)28-20-13-21-29(24(3)4)33(28)34-22-27-18-11-12-19-30(27)31(25-14-7-5-8-15-25)32(34)26-16-9-6-10-17-26/h5-24H,1-4H3/q+1. The molecule has 34 heavy (non-hydrogen) atoms. The minimum absolute atomic E-state index is 0.413. The number of rotatable bonds is 5. The van der Waals surface area contributed by atoms with Crippen LogP contribution in [-0.4, -0.2) is 0 Å². The Kier molecular flexibility index (Phi) is 6.02.